The molecule has 3 aromatic rings. The molecule has 1 aromatic carbocycles. The number of para-hydroxylation sites is 1. The third kappa shape index (κ3) is 5.82. The fraction of sp³-hybridized carbons (Fsp3) is 0.435. The van der Waals surface area contributed by atoms with E-state index in [4.69, 9.17) is 4.98 Å². The zero-order valence-corrected chi connectivity index (χ0v) is 18.0. The second-order valence-electron chi connectivity index (χ2n) is 7.76. The van der Waals surface area contributed by atoms with E-state index >= 15 is 0 Å². The minimum atomic E-state index is -0.0207. The fourth-order valence-electron chi connectivity index (χ4n) is 3.34. The molecule has 2 aromatic heterocycles. The molecule has 0 spiro atoms. The molecule has 29 heavy (non-hydrogen) atoms. The van der Waals surface area contributed by atoms with E-state index in [-0.39, 0.29) is 17.1 Å². The van der Waals surface area contributed by atoms with E-state index in [1.54, 1.807) is 22.9 Å². The number of thioether (sulfide) groups is 1. The van der Waals surface area contributed by atoms with Gasteiger partial charge in [-0.25, -0.2) is 4.98 Å². The molecule has 0 amide bonds. The predicted molar refractivity (Wildman–Crippen MR) is 120 cm³/mol. The number of hydrogen-bond donors (Lipinski definition) is 1. The van der Waals surface area contributed by atoms with E-state index in [0.29, 0.717) is 28.3 Å². The summed E-state index contributed by atoms with van der Waals surface area (Å²) in [6.45, 7) is 5.13. The van der Waals surface area contributed by atoms with Crippen molar-refractivity contribution in [1.82, 2.24) is 14.5 Å². The van der Waals surface area contributed by atoms with Crippen molar-refractivity contribution in [2.45, 2.75) is 57.7 Å². The number of H-pyrrole nitrogens is 1. The fourth-order valence-corrected chi connectivity index (χ4v) is 4.25. The van der Waals surface area contributed by atoms with Crippen LogP contribution in [0.15, 0.2) is 52.5 Å². The number of rotatable bonds is 11. The lowest BCUT2D eigenvalue weighted by Crippen LogP contribution is -2.24. The van der Waals surface area contributed by atoms with Crippen LogP contribution in [0.3, 0.4) is 0 Å². The van der Waals surface area contributed by atoms with Crippen LogP contribution in [0.2, 0.25) is 0 Å². The van der Waals surface area contributed by atoms with Gasteiger partial charge < -0.3 is 4.98 Å². The van der Waals surface area contributed by atoms with E-state index < -0.39 is 0 Å². The van der Waals surface area contributed by atoms with Crippen molar-refractivity contribution in [1.29, 1.82) is 0 Å². The lowest BCUT2D eigenvalue weighted by molar-refractivity contribution is 0.101. The molecule has 0 aliphatic carbocycles. The molecule has 6 heteroatoms. The van der Waals surface area contributed by atoms with Crippen LogP contribution in [0, 0.1) is 5.92 Å². The summed E-state index contributed by atoms with van der Waals surface area (Å²) in [5.74, 6) is 0.991. The maximum Gasteiger partial charge on any atom is 0.262 e. The SMILES string of the molecule is CC(C)CCCCCCn1c(SCC(=O)c2ccc[nH]2)nc2ccccc2c1=O. The average molecular weight is 412 g/mol. The van der Waals surface area contributed by atoms with Gasteiger partial charge in [0.2, 0.25) is 0 Å². The molecular formula is C23H29N3O2S. The van der Waals surface area contributed by atoms with Crippen molar-refractivity contribution in [2.75, 3.05) is 5.75 Å². The van der Waals surface area contributed by atoms with Gasteiger partial charge in [-0.2, -0.15) is 0 Å². The van der Waals surface area contributed by atoms with Gasteiger partial charge in [-0.1, -0.05) is 63.4 Å². The van der Waals surface area contributed by atoms with Gasteiger partial charge in [-0.15, -0.1) is 0 Å². The highest BCUT2D eigenvalue weighted by Gasteiger charge is 2.14. The van der Waals surface area contributed by atoms with Crippen LogP contribution in [0.5, 0.6) is 0 Å². The number of nitrogens with one attached hydrogen (secondary N) is 1. The van der Waals surface area contributed by atoms with Gasteiger partial charge in [-0.05, 0) is 36.6 Å². The van der Waals surface area contributed by atoms with E-state index in [1.165, 1.54) is 31.0 Å². The van der Waals surface area contributed by atoms with Gasteiger partial charge >= 0.3 is 0 Å². The molecule has 0 aliphatic heterocycles. The summed E-state index contributed by atoms with van der Waals surface area (Å²) >= 11 is 1.34. The van der Waals surface area contributed by atoms with Crippen molar-refractivity contribution < 1.29 is 4.79 Å². The lowest BCUT2D eigenvalue weighted by atomic mass is 10.0. The first-order valence-electron chi connectivity index (χ1n) is 10.3. The summed E-state index contributed by atoms with van der Waals surface area (Å²) in [6.07, 6.45) is 7.44. The molecule has 0 saturated carbocycles. The predicted octanol–water partition coefficient (Wildman–Crippen LogP) is 5.31. The molecule has 0 bridgehead atoms. The third-order valence-corrected chi connectivity index (χ3v) is 5.95. The Bertz CT molecular complexity index is 993. The van der Waals surface area contributed by atoms with Crippen LogP contribution in [0.25, 0.3) is 10.9 Å². The number of nitrogens with zero attached hydrogens (tertiary/aromatic N) is 2. The first kappa shape index (κ1) is 21.4. The molecule has 1 N–H and O–H groups in total. The van der Waals surface area contributed by atoms with Gasteiger partial charge in [-0.3, -0.25) is 14.2 Å². The Hall–Kier alpha value is -2.34. The molecule has 3 rings (SSSR count). The molecule has 5 nitrogen and oxygen atoms in total. The highest BCUT2D eigenvalue weighted by atomic mass is 32.2. The number of ketones is 1. The van der Waals surface area contributed by atoms with Gasteiger partial charge in [0.05, 0.1) is 22.3 Å². The topological polar surface area (TPSA) is 67.8 Å². The Morgan fingerprint density at radius 2 is 1.90 bits per heavy atom. The molecule has 0 aliphatic rings. The lowest BCUT2D eigenvalue weighted by Gasteiger charge is -2.13. The van der Waals surface area contributed by atoms with Crippen molar-refractivity contribution in [3.8, 4) is 0 Å². The summed E-state index contributed by atoms with van der Waals surface area (Å²) < 4.78 is 1.75. The standard InChI is InChI=1S/C23H29N3O2S/c1-17(2)10-5-3-4-8-15-26-22(28)18-11-6-7-12-19(18)25-23(26)29-16-21(27)20-13-9-14-24-20/h6-7,9,11-14,17,24H,3-5,8,10,15-16H2,1-2H3. The van der Waals surface area contributed by atoms with Crippen molar-refractivity contribution in [2.24, 2.45) is 5.92 Å². The number of hydrogen-bond acceptors (Lipinski definition) is 4. The van der Waals surface area contributed by atoms with Crippen LogP contribution >= 0.6 is 11.8 Å². The Morgan fingerprint density at radius 1 is 1.10 bits per heavy atom. The maximum atomic E-state index is 13.1. The Balaban J connectivity index is 1.72. The molecule has 0 unspecified atom stereocenters. The number of aromatic nitrogens is 3. The van der Waals surface area contributed by atoms with E-state index in [0.717, 1.165) is 18.8 Å². The van der Waals surface area contributed by atoms with Crippen LogP contribution in [-0.2, 0) is 6.54 Å². The number of unbranched alkanes of at least 4 members (excludes halogenated alkanes) is 3. The van der Waals surface area contributed by atoms with Crippen LogP contribution in [-0.4, -0.2) is 26.1 Å². The number of aromatic amines is 1. The average Bonchev–Trinajstić information content (AvgIpc) is 3.25. The highest BCUT2D eigenvalue weighted by molar-refractivity contribution is 7.99. The highest BCUT2D eigenvalue weighted by Crippen LogP contribution is 2.20. The van der Waals surface area contributed by atoms with E-state index in [9.17, 15) is 9.59 Å². The monoisotopic (exact) mass is 411 g/mol. The maximum absolute atomic E-state index is 13.1. The summed E-state index contributed by atoms with van der Waals surface area (Å²) in [5.41, 5.74) is 1.24. The van der Waals surface area contributed by atoms with Crippen molar-refractivity contribution >= 4 is 28.4 Å². The van der Waals surface area contributed by atoms with Gasteiger partial charge in [0.15, 0.2) is 10.9 Å². The van der Waals surface area contributed by atoms with Gasteiger partial charge in [0.1, 0.15) is 0 Å². The molecule has 2 heterocycles. The number of benzene rings is 1. The molecule has 154 valence electrons. The van der Waals surface area contributed by atoms with Gasteiger partial charge in [0.25, 0.3) is 5.56 Å². The van der Waals surface area contributed by atoms with Crippen molar-refractivity contribution in [3.63, 3.8) is 0 Å². The minimum Gasteiger partial charge on any atom is -0.359 e. The van der Waals surface area contributed by atoms with E-state index in [1.807, 2.05) is 24.3 Å². The first-order chi connectivity index (χ1) is 14.1. The zero-order chi connectivity index (χ0) is 20.6. The Kier molecular flexibility index (Phi) is 7.69. The molecule has 0 radical (unpaired) electrons. The summed E-state index contributed by atoms with van der Waals surface area (Å²) in [7, 11) is 0. The number of carbonyl (C=O) groups excluding carboxylic acids is 1. The van der Waals surface area contributed by atoms with Gasteiger partial charge in [0, 0.05) is 12.7 Å². The summed E-state index contributed by atoms with van der Waals surface area (Å²) in [6, 6.07) is 11.0. The second-order valence-corrected chi connectivity index (χ2v) is 8.70. The molecule has 0 atom stereocenters. The van der Waals surface area contributed by atoms with E-state index in [2.05, 4.69) is 18.8 Å². The molecule has 0 fully saturated rings. The number of Topliss-reactive ketones (excluding diaryl/α,β-unsaturated/α-hetero) is 1. The smallest absolute Gasteiger partial charge is 0.262 e. The number of fused-ring (bicyclic) bond motifs is 1. The Morgan fingerprint density at radius 3 is 2.66 bits per heavy atom. The van der Waals surface area contributed by atoms with Crippen LogP contribution in [0.1, 0.15) is 56.4 Å². The first-order valence-corrected chi connectivity index (χ1v) is 11.3. The molecular weight excluding hydrogens is 382 g/mol. The van der Waals surface area contributed by atoms with Crippen molar-refractivity contribution in [3.05, 3.63) is 58.6 Å². The largest absolute Gasteiger partial charge is 0.359 e. The second kappa shape index (κ2) is 10.4. The molecule has 0 saturated heterocycles. The summed E-state index contributed by atoms with van der Waals surface area (Å²) in [4.78, 5) is 33.0. The van der Waals surface area contributed by atoms with Crippen LogP contribution < -0.4 is 5.56 Å². The quantitative estimate of drug-likeness (QED) is 0.201. The Labute approximate surface area is 175 Å². The third-order valence-electron chi connectivity index (χ3n) is 4.97. The summed E-state index contributed by atoms with van der Waals surface area (Å²) in [5, 5.41) is 1.25. The number of carbonyl (C=O) groups is 1. The van der Waals surface area contributed by atoms with Crippen LogP contribution in [0.4, 0.5) is 0 Å². The zero-order valence-electron chi connectivity index (χ0n) is 17.2. The normalized spacial score (nSPS) is 11.4. The minimum absolute atomic E-state index is 0.00245.